The fourth-order valence-corrected chi connectivity index (χ4v) is 7.90. The first-order chi connectivity index (χ1) is 14.1. The van der Waals surface area contributed by atoms with Crippen LogP contribution in [0.2, 0.25) is 0 Å². The Bertz CT molecular complexity index is 749. The van der Waals surface area contributed by atoms with Crippen molar-refractivity contribution < 1.29 is 15.0 Å². The SMILES string of the molecule is CC(C)CCC[C@@H](C)[C@H]1CC[C@H]2C3=CC=C4C[C@@H](O)C(O)C(=O)[C@]4(C)[C@H]3CC[C@]12C. The molecule has 168 valence electrons. The molecule has 0 radical (unpaired) electrons. The molecule has 0 aromatic rings. The molecule has 4 rings (SSSR count). The van der Waals surface area contributed by atoms with Gasteiger partial charge in [0.2, 0.25) is 0 Å². The molecule has 3 fully saturated rings. The number of rotatable bonds is 5. The molecule has 8 atom stereocenters. The molecule has 0 spiro atoms. The maximum atomic E-state index is 13.2. The van der Waals surface area contributed by atoms with E-state index in [4.69, 9.17) is 0 Å². The topological polar surface area (TPSA) is 57.5 Å². The van der Waals surface area contributed by atoms with Crippen molar-refractivity contribution in [3.05, 3.63) is 23.3 Å². The van der Waals surface area contributed by atoms with Crippen molar-refractivity contribution in [1.29, 1.82) is 0 Å². The van der Waals surface area contributed by atoms with Gasteiger partial charge in [0.1, 0.15) is 6.10 Å². The number of hydrogen-bond acceptors (Lipinski definition) is 3. The number of hydrogen-bond donors (Lipinski definition) is 2. The Morgan fingerprint density at radius 1 is 1.03 bits per heavy atom. The summed E-state index contributed by atoms with van der Waals surface area (Å²) in [5.41, 5.74) is 2.19. The van der Waals surface area contributed by atoms with E-state index in [0.29, 0.717) is 17.8 Å². The second-order valence-electron chi connectivity index (χ2n) is 11.8. The van der Waals surface area contributed by atoms with E-state index in [-0.39, 0.29) is 11.7 Å². The summed E-state index contributed by atoms with van der Waals surface area (Å²) in [5, 5.41) is 20.5. The highest BCUT2D eigenvalue weighted by atomic mass is 16.3. The Morgan fingerprint density at radius 2 is 1.77 bits per heavy atom. The van der Waals surface area contributed by atoms with Gasteiger partial charge in [0, 0.05) is 0 Å². The zero-order valence-electron chi connectivity index (χ0n) is 19.7. The van der Waals surface area contributed by atoms with Gasteiger partial charge < -0.3 is 10.2 Å². The lowest BCUT2D eigenvalue weighted by molar-refractivity contribution is -0.148. The first kappa shape index (κ1) is 22.3. The highest BCUT2D eigenvalue weighted by molar-refractivity contribution is 5.94. The summed E-state index contributed by atoms with van der Waals surface area (Å²) in [6.45, 7) is 11.7. The van der Waals surface area contributed by atoms with Crippen LogP contribution in [0.1, 0.15) is 86.0 Å². The van der Waals surface area contributed by atoms with E-state index in [1.54, 1.807) is 0 Å². The molecule has 4 aliphatic rings. The van der Waals surface area contributed by atoms with E-state index in [9.17, 15) is 15.0 Å². The standard InChI is InChI=1S/C27H42O3/c1-16(2)7-6-8-17(3)20-11-12-21-19-10-9-18-15-23(28)24(29)25(30)27(18,5)22(19)13-14-26(20,21)4/h9-10,16-17,20-24,28-29H,6-8,11-15H2,1-5H3/t17-,20-,21+,22+,23-,24?,26-,27+/m1/s1. The third-order valence-corrected chi connectivity index (χ3v) is 9.73. The minimum Gasteiger partial charge on any atom is -0.390 e. The molecule has 0 amide bonds. The molecule has 2 N–H and O–H groups in total. The Hall–Kier alpha value is -0.930. The number of ketones is 1. The van der Waals surface area contributed by atoms with Crippen LogP contribution in [0.25, 0.3) is 0 Å². The van der Waals surface area contributed by atoms with Crippen LogP contribution in [0.4, 0.5) is 0 Å². The maximum Gasteiger partial charge on any atom is 0.174 e. The summed E-state index contributed by atoms with van der Waals surface area (Å²) < 4.78 is 0. The number of allylic oxidation sites excluding steroid dienone is 3. The van der Waals surface area contributed by atoms with E-state index < -0.39 is 17.6 Å². The van der Waals surface area contributed by atoms with Crippen molar-refractivity contribution in [1.82, 2.24) is 0 Å². The maximum absolute atomic E-state index is 13.2. The van der Waals surface area contributed by atoms with Gasteiger partial charge in [-0.3, -0.25) is 4.79 Å². The van der Waals surface area contributed by atoms with Crippen LogP contribution in [0.5, 0.6) is 0 Å². The molecule has 1 unspecified atom stereocenters. The molecular formula is C27H42O3. The molecule has 3 saturated carbocycles. The smallest absolute Gasteiger partial charge is 0.174 e. The van der Waals surface area contributed by atoms with Crippen LogP contribution in [0.15, 0.2) is 23.3 Å². The largest absolute Gasteiger partial charge is 0.390 e. The van der Waals surface area contributed by atoms with E-state index in [0.717, 1.165) is 29.7 Å². The molecule has 0 saturated heterocycles. The number of fused-ring (bicyclic) bond motifs is 5. The third-order valence-electron chi connectivity index (χ3n) is 9.73. The van der Waals surface area contributed by atoms with Crippen LogP contribution in [-0.4, -0.2) is 28.2 Å². The molecular weight excluding hydrogens is 372 g/mol. The van der Waals surface area contributed by atoms with Gasteiger partial charge >= 0.3 is 0 Å². The third kappa shape index (κ3) is 3.26. The molecule has 0 aromatic heterocycles. The van der Waals surface area contributed by atoms with Crippen LogP contribution < -0.4 is 0 Å². The zero-order valence-corrected chi connectivity index (χ0v) is 19.7. The first-order valence-electron chi connectivity index (χ1n) is 12.4. The highest BCUT2D eigenvalue weighted by Crippen LogP contribution is 2.65. The molecule has 30 heavy (non-hydrogen) atoms. The lowest BCUT2D eigenvalue weighted by Crippen LogP contribution is -2.56. The Morgan fingerprint density at radius 3 is 2.47 bits per heavy atom. The van der Waals surface area contributed by atoms with Crippen molar-refractivity contribution in [3.63, 3.8) is 0 Å². The molecule has 0 heterocycles. The van der Waals surface area contributed by atoms with Crippen LogP contribution >= 0.6 is 0 Å². The molecule has 4 aliphatic carbocycles. The monoisotopic (exact) mass is 414 g/mol. The summed E-state index contributed by atoms with van der Waals surface area (Å²) in [6.07, 6.45) is 11.4. The second kappa shape index (κ2) is 7.89. The summed E-state index contributed by atoms with van der Waals surface area (Å²) >= 11 is 0. The summed E-state index contributed by atoms with van der Waals surface area (Å²) in [4.78, 5) is 13.2. The number of aliphatic hydroxyl groups is 2. The molecule has 0 aliphatic heterocycles. The van der Waals surface area contributed by atoms with E-state index in [1.807, 2.05) is 6.92 Å². The van der Waals surface area contributed by atoms with Gasteiger partial charge in [-0.05, 0) is 74.0 Å². The van der Waals surface area contributed by atoms with Crippen molar-refractivity contribution in [2.45, 2.75) is 98.2 Å². The van der Waals surface area contributed by atoms with Crippen LogP contribution in [0.3, 0.4) is 0 Å². The number of Topliss-reactive ketones (excluding diaryl/α,β-unsaturated/α-hetero) is 1. The van der Waals surface area contributed by atoms with Gasteiger partial charge in [0.05, 0.1) is 11.5 Å². The van der Waals surface area contributed by atoms with Crippen molar-refractivity contribution in [3.8, 4) is 0 Å². The van der Waals surface area contributed by atoms with Gasteiger partial charge in [0.25, 0.3) is 0 Å². The normalized spacial score (nSPS) is 44.1. The Kier molecular flexibility index (Phi) is 5.85. The van der Waals surface area contributed by atoms with E-state index >= 15 is 0 Å². The molecule has 0 aromatic carbocycles. The van der Waals surface area contributed by atoms with E-state index in [2.05, 4.69) is 39.8 Å². The Balaban J connectivity index is 1.58. The second-order valence-corrected chi connectivity index (χ2v) is 11.8. The van der Waals surface area contributed by atoms with Crippen molar-refractivity contribution in [2.24, 2.45) is 40.4 Å². The number of carbonyl (C=O) groups is 1. The number of aliphatic hydroxyl groups excluding tert-OH is 2. The van der Waals surface area contributed by atoms with Gasteiger partial charge in [0.15, 0.2) is 5.78 Å². The minimum absolute atomic E-state index is 0.164. The number of carbonyl (C=O) groups excluding carboxylic acids is 1. The zero-order chi connectivity index (χ0) is 21.8. The molecule has 0 bridgehead atoms. The lowest BCUT2D eigenvalue weighted by atomic mass is 9.49. The predicted molar refractivity (Wildman–Crippen MR) is 121 cm³/mol. The fraction of sp³-hybridized carbons (Fsp3) is 0.815. The minimum atomic E-state index is -1.24. The van der Waals surface area contributed by atoms with Gasteiger partial charge in [-0.2, -0.15) is 0 Å². The van der Waals surface area contributed by atoms with Gasteiger partial charge in [-0.25, -0.2) is 0 Å². The lowest BCUT2D eigenvalue weighted by Gasteiger charge is -2.54. The molecule has 3 nitrogen and oxygen atoms in total. The van der Waals surface area contributed by atoms with Crippen molar-refractivity contribution >= 4 is 5.78 Å². The quantitative estimate of drug-likeness (QED) is 0.628. The summed E-state index contributed by atoms with van der Waals surface area (Å²) in [6, 6.07) is 0. The fourth-order valence-electron chi connectivity index (χ4n) is 7.90. The van der Waals surface area contributed by atoms with Crippen LogP contribution in [-0.2, 0) is 4.79 Å². The van der Waals surface area contributed by atoms with Crippen molar-refractivity contribution in [2.75, 3.05) is 0 Å². The molecule has 3 heteroatoms. The van der Waals surface area contributed by atoms with E-state index in [1.165, 1.54) is 44.1 Å². The average molecular weight is 415 g/mol. The van der Waals surface area contributed by atoms with Gasteiger partial charge in [-0.15, -0.1) is 0 Å². The highest BCUT2D eigenvalue weighted by Gasteiger charge is 2.60. The Labute approximate surface area is 183 Å². The summed E-state index contributed by atoms with van der Waals surface area (Å²) in [5.74, 6) is 2.90. The van der Waals surface area contributed by atoms with Gasteiger partial charge in [-0.1, -0.05) is 70.3 Å². The summed E-state index contributed by atoms with van der Waals surface area (Å²) in [7, 11) is 0. The average Bonchev–Trinajstić information content (AvgIpc) is 3.04. The van der Waals surface area contributed by atoms with Crippen LogP contribution in [0, 0.1) is 40.4 Å². The predicted octanol–water partition coefficient (Wildman–Crippen LogP) is 5.46. The first-order valence-corrected chi connectivity index (χ1v) is 12.4.